The van der Waals surface area contributed by atoms with Gasteiger partial charge in [0.05, 0.1) is 0 Å². The lowest BCUT2D eigenvalue weighted by Crippen LogP contribution is -2.22. The van der Waals surface area contributed by atoms with Crippen LogP contribution in [0.5, 0.6) is 0 Å². The quantitative estimate of drug-likeness (QED) is 0.336. The molecule has 0 fully saturated rings. The Labute approximate surface area is 90.0 Å². The van der Waals surface area contributed by atoms with Gasteiger partial charge in [0.1, 0.15) is 0 Å². The molecule has 0 aromatic heterocycles. The van der Waals surface area contributed by atoms with Gasteiger partial charge in [0.15, 0.2) is 5.96 Å². The molecule has 0 radical (unpaired) electrons. The number of nitrogens with zero attached hydrogens (tertiary/aromatic N) is 1. The van der Waals surface area contributed by atoms with E-state index in [1.807, 2.05) is 0 Å². The van der Waals surface area contributed by atoms with E-state index in [0.29, 0.717) is 6.54 Å². The van der Waals surface area contributed by atoms with Crippen LogP contribution < -0.4 is 11.5 Å². The first-order chi connectivity index (χ1) is 6.13. The summed E-state index contributed by atoms with van der Waals surface area (Å²) in [5.41, 5.74) is 10.2. The number of nitrogens with two attached hydrogens (primary N) is 2. The highest BCUT2D eigenvalue weighted by Crippen LogP contribution is 2.02. The fourth-order valence-corrected chi connectivity index (χ4v) is 0.950. The molecule has 6 heteroatoms. The van der Waals surface area contributed by atoms with Gasteiger partial charge in [-0.3, -0.25) is 9.79 Å². The average molecular weight is 224 g/mol. The van der Waals surface area contributed by atoms with Gasteiger partial charge in [0.25, 0.3) is 0 Å². The number of rotatable bonds is 7. The topological polar surface area (TPSA) is 102 Å². The first-order valence-electron chi connectivity index (χ1n) is 4.40. The van der Waals surface area contributed by atoms with E-state index < -0.39 is 5.97 Å². The van der Waals surface area contributed by atoms with Crippen LogP contribution in [0.1, 0.15) is 32.1 Å². The highest BCUT2D eigenvalue weighted by atomic mass is 35.5. The molecule has 0 aliphatic rings. The molecule has 0 aromatic rings. The lowest BCUT2D eigenvalue weighted by molar-refractivity contribution is -0.137. The highest BCUT2D eigenvalue weighted by molar-refractivity contribution is 5.85. The Hall–Kier alpha value is -0.970. The number of guanidine groups is 1. The van der Waals surface area contributed by atoms with Crippen LogP contribution in [0, 0.1) is 0 Å². The van der Waals surface area contributed by atoms with Crippen molar-refractivity contribution in [3.8, 4) is 0 Å². The molecule has 5 N–H and O–H groups in total. The van der Waals surface area contributed by atoms with Crippen LogP contribution in [0.25, 0.3) is 0 Å². The van der Waals surface area contributed by atoms with Gasteiger partial charge in [-0.25, -0.2) is 0 Å². The molecular formula is C8H18ClN3O2. The van der Waals surface area contributed by atoms with Crippen molar-refractivity contribution in [2.24, 2.45) is 16.5 Å². The smallest absolute Gasteiger partial charge is 0.303 e. The monoisotopic (exact) mass is 223 g/mol. The van der Waals surface area contributed by atoms with Gasteiger partial charge in [-0.15, -0.1) is 12.4 Å². The lowest BCUT2D eigenvalue weighted by Gasteiger charge is -1.97. The lowest BCUT2D eigenvalue weighted by atomic mass is 10.1. The largest absolute Gasteiger partial charge is 0.481 e. The fourth-order valence-electron chi connectivity index (χ4n) is 0.950. The SMILES string of the molecule is Cl.NC(N)=NCCCCCCC(=O)O. The van der Waals surface area contributed by atoms with Crippen molar-refractivity contribution in [1.82, 2.24) is 0 Å². The second-order valence-corrected chi connectivity index (χ2v) is 2.86. The molecule has 0 aliphatic carbocycles. The predicted molar refractivity (Wildman–Crippen MR) is 58.6 cm³/mol. The summed E-state index contributed by atoms with van der Waals surface area (Å²) in [5, 5.41) is 8.33. The molecule has 0 unspecified atom stereocenters. The van der Waals surface area contributed by atoms with Gasteiger partial charge in [0.2, 0.25) is 0 Å². The second-order valence-electron chi connectivity index (χ2n) is 2.86. The highest BCUT2D eigenvalue weighted by Gasteiger charge is 1.95. The molecule has 0 heterocycles. The Morgan fingerprint density at radius 3 is 2.21 bits per heavy atom. The van der Waals surface area contributed by atoms with E-state index in [1.165, 1.54) is 0 Å². The fraction of sp³-hybridized carbons (Fsp3) is 0.750. The van der Waals surface area contributed by atoms with Crippen molar-refractivity contribution in [3.05, 3.63) is 0 Å². The zero-order valence-electron chi connectivity index (χ0n) is 8.11. The minimum atomic E-state index is -0.732. The second kappa shape index (κ2) is 10.1. The number of carbonyl (C=O) groups is 1. The molecule has 0 aromatic carbocycles. The summed E-state index contributed by atoms with van der Waals surface area (Å²) in [6.07, 6.45) is 3.80. The van der Waals surface area contributed by atoms with E-state index in [2.05, 4.69) is 4.99 Å². The van der Waals surface area contributed by atoms with Gasteiger partial charge < -0.3 is 16.6 Å². The van der Waals surface area contributed by atoms with Crippen molar-refractivity contribution in [1.29, 1.82) is 0 Å². The summed E-state index contributed by atoms with van der Waals surface area (Å²) >= 11 is 0. The summed E-state index contributed by atoms with van der Waals surface area (Å²) in [5.74, 6) is -0.616. The third-order valence-electron chi connectivity index (χ3n) is 1.59. The van der Waals surface area contributed by atoms with E-state index in [9.17, 15) is 4.79 Å². The van der Waals surface area contributed by atoms with Gasteiger partial charge >= 0.3 is 5.97 Å². The molecule has 0 bridgehead atoms. The Balaban J connectivity index is 0. The summed E-state index contributed by atoms with van der Waals surface area (Å²) in [4.78, 5) is 13.9. The molecule has 14 heavy (non-hydrogen) atoms. The molecule has 84 valence electrons. The maximum absolute atomic E-state index is 10.1. The van der Waals surface area contributed by atoms with Crippen molar-refractivity contribution in [2.75, 3.05) is 6.54 Å². The van der Waals surface area contributed by atoms with Crippen LogP contribution in [0.4, 0.5) is 0 Å². The number of hydrogen-bond acceptors (Lipinski definition) is 2. The van der Waals surface area contributed by atoms with E-state index >= 15 is 0 Å². The first kappa shape index (κ1) is 15.5. The Bertz CT molecular complexity index is 181. The Morgan fingerprint density at radius 2 is 1.71 bits per heavy atom. The first-order valence-corrected chi connectivity index (χ1v) is 4.40. The number of hydrogen-bond donors (Lipinski definition) is 3. The van der Waals surface area contributed by atoms with Crippen LogP contribution in [-0.4, -0.2) is 23.6 Å². The average Bonchev–Trinajstić information content (AvgIpc) is 2.01. The predicted octanol–water partition coefficient (Wildman–Crippen LogP) is 0.717. The maximum Gasteiger partial charge on any atom is 0.303 e. The molecule has 0 aliphatic heterocycles. The van der Waals surface area contributed by atoms with Crippen LogP contribution >= 0.6 is 12.4 Å². The van der Waals surface area contributed by atoms with Crippen molar-refractivity contribution >= 4 is 24.3 Å². The molecule has 0 saturated carbocycles. The van der Waals surface area contributed by atoms with Gasteiger partial charge in [-0.2, -0.15) is 0 Å². The van der Waals surface area contributed by atoms with Gasteiger partial charge in [-0.05, 0) is 12.8 Å². The zero-order chi connectivity index (χ0) is 10.1. The normalized spacial score (nSPS) is 8.86. The molecule has 0 amide bonds. The number of halogens is 1. The molecule has 0 saturated heterocycles. The van der Waals surface area contributed by atoms with Crippen LogP contribution in [0.2, 0.25) is 0 Å². The third kappa shape index (κ3) is 13.6. The molecular weight excluding hydrogens is 206 g/mol. The number of carboxylic acids is 1. The minimum absolute atomic E-state index is 0. The van der Waals surface area contributed by atoms with Crippen LogP contribution in [0.3, 0.4) is 0 Å². The summed E-state index contributed by atoms with van der Waals surface area (Å²) in [6, 6.07) is 0. The van der Waals surface area contributed by atoms with Crippen molar-refractivity contribution in [3.63, 3.8) is 0 Å². The summed E-state index contributed by atoms with van der Waals surface area (Å²) in [7, 11) is 0. The number of aliphatic carboxylic acids is 1. The molecule has 5 nitrogen and oxygen atoms in total. The van der Waals surface area contributed by atoms with E-state index in [-0.39, 0.29) is 24.8 Å². The Morgan fingerprint density at radius 1 is 1.14 bits per heavy atom. The van der Waals surface area contributed by atoms with E-state index in [1.54, 1.807) is 0 Å². The van der Waals surface area contributed by atoms with Crippen molar-refractivity contribution in [2.45, 2.75) is 32.1 Å². The number of aliphatic imine (C=N–C) groups is 1. The minimum Gasteiger partial charge on any atom is -0.481 e. The zero-order valence-corrected chi connectivity index (χ0v) is 8.92. The van der Waals surface area contributed by atoms with Gasteiger partial charge in [-0.1, -0.05) is 12.8 Å². The maximum atomic E-state index is 10.1. The van der Waals surface area contributed by atoms with E-state index in [4.69, 9.17) is 16.6 Å². The summed E-state index contributed by atoms with van der Waals surface area (Å²) < 4.78 is 0. The van der Waals surface area contributed by atoms with Crippen LogP contribution in [0.15, 0.2) is 4.99 Å². The third-order valence-corrected chi connectivity index (χ3v) is 1.59. The number of unbranched alkanes of at least 4 members (excludes halogenated alkanes) is 3. The Kier molecular flexibility index (Phi) is 11.2. The van der Waals surface area contributed by atoms with Crippen LogP contribution in [-0.2, 0) is 4.79 Å². The standard InChI is InChI=1S/C8H17N3O2.ClH/c9-8(10)11-6-4-2-1-3-5-7(12)13;/h1-6H2,(H,12,13)(H4,9,10,11);1H. The molecule has 0 spiro atoms. The number of carboxylic acid groups (broad SMARTS) is 1. The molecule has 0 atom stereocenters. The molecule has 0 rings (SSSR count). The van der Waals surface area contributed by atoms with E-state index in [0.717, 1.165) is 25.7 Å². The van der Waals surface area contributed by atoms with Gasteiger partial charge in [0, 0.05) is 13.0 Å². The summed E-state index contributed by atoms with van der Waals surface area (Å²) in [6.45, 7) is 0.634. The van der Waals surface area contributed by atoms with Crippen molar-refractivity contribution < 1.29 is 9.90 Å².